The molecule has 2 aromatic carbocycles. The van der Waals surface area contributed by atoms with Gasteiger partial charge in [0.05, 0.1) is 25.2 Å². The van der Waals surface area contributed by atoms with Crippen LogP contribution < -0.4 is 5.32 Å². The van der Waals surface area contributed by atoms with Crippen molar-refractivity contribution < 1.29 is 55.4 Å². The van der Waals surface area contributed by atoms with E-state index < -0.39 is 58.0 Å². The highest BCUT2D eigenvalue weighted by molar-refractivity contribution is 7.80. The summed E-state index contributed by atoms with van der Waals surface area (Å²) >= 11 is -3.02. The standard InChI is InChI=1S/C35H45N3O7.C3H8.C2H4F2O2S.C2H6/c1-34(2,3)45-33(42)36-23-30(39)37(4)24-31(40)44-35(25-13-7-5-8-14-25,26-15-9-6-10-16-26)32(41)43-29-21-27-17-18-28(22-29)38(27)19-11-12-20-38;1-3-2;1-2(3,4)7(5)6;1-2/h5-10,13-16,27-29H,11-12,17-24H2,1-4H3;3H2,1-2H3;1H3,(H,5,6);1-2H3/p+1. The molecule has 3 saturated heterocycles. The molecule has 0 aromatic heterocycles. The summed E-state index contributed by atoms with van der Waals surface area (Å²) < 4.78 is 58.4. The van der Waals surface area contributed by atoms with Gasteiger partial charge in [0.15, 0.2) is 0 Å². The molecule has 57 heavy (non-hydrogen) atoms. The minimum atomic E-state index is -3.47. The molecule has 2 N–H and O–H groups in total. The molecule has 3 atom stereocenters. The molecule has 2 amide bonds. The van der Waals surface area contributed by atoms with Crippen molar-refractivity contribution in [2.24, 2.45) is 0 Å². The number of amides is 2. The number of ether oxygens (including phenoxy) is 3. The number of carbonyl (C=O) groups excluding carboxylic acids is 4. The smallest absolute Gasteiger partial charge is 0.408 e. The Morgan fingerprint density at radius 2 is 1.30 bits per heavy atom. The molecular weight excluding hydrogens is 761 g/mol. The van der Waals surface area contributed by atoms with Crippen molar-refractivity contribution in [3.8, 4) is 0 Å². The SMILES string of the molecule is CC.CC(F)(F)S(=O)O.CCC.CN(CC(=O)OC(C(=O)OC1CC2CCC(C1)[N+]21CCCC1)(c1ccccc1)c1ccccc1)C(=O)CNC(=O)OC(C)(C)C. The summed E-state index contributed by atoms with van der Waals surface area (Å²) in [5.41, 5.74) is -1.69. The Bertz CT molecular complexity index is 1540. The average Bonchev–Trinajstić information content (AvgIpc) is 3.70. The molecule has 3 unspecified atom stereocenters. The number of nitrogens with one attached hydrogen (secondary N) is 1. The lowest BCUT2D eigenvalue weighted by atomic mass is 9.85. The zero-order valence-corrected chi connectivity index (χ0v) is 35.9. The second-order valence-electron chi connectivity index (χ2n) is 15.4. The van der Waals surface area contributed by atoms with Gasteiger partial charge >= 0.3 is 23.3 Å². The number of hydrogen-bond donors (Lipinski definition) is 2. The summed E-state index contributed by atoms with van der Waals surface area (Å²) in [5.74, 6) is -1.96. The van der Waals surface area contributed by atoms with Crippen LogP contribution in [0.2, 0.25) is 0 Å². The molecule has 15 heteroatoms. The van der Waals surface area contributed by atoms with Gasteiger partial charge in [0.25, 0.3) is 5.60 Å². The van der Waals surface area contributed by atoms with E-state index in [1.165, 1.54) is 43.9 Å². The predicted molar refractivity (Wildman–Crippen MR) is 215 cm³/mol. The van der Waals surface area contributed by atoms with Gasteiger partial charge in [0.2, 0.25) is 17.0 Å². The van der Waals surface area contributed by atoms with E-state index >= 15 is 0 Å². The van der Waals surface area contributed by atoms with Crippen molar-refractivity contribution in [2.45, 2.75) is 135 Å². The van der Waals surface area contributed by atoms with E-state index in [9.17, 15) is 32.2 Å². The molecule has 2 aromatic rings. The average molecular weight is 825 g/mol. The highest BCUT2D eigenvalue weighted by Gasteiger charge is 2.57. The van der Waals surface area contributed by atoms with E-state index in [-0.39, 0.29) is 12.6 Å². The van der Waals surface area contributed by atoms with Crippen molar-refractivity contribution in [1.82, 2.24) is 10.2 Å². The molecule has 3 aliphatic heterocycles. The Morgan fingerprint density at radius 1 is 0.860 bits per heavy atom. The van der Waals surface area contributed by atoms with Crippen LogP contribution in [0, 0.1) is 0 Å². The van der Waals surface area contributed by atoms with Crippen LogP contribution in [-0.2, 0) is 45.3 Å². The number of rotatable bonds is 10. The largest absolute Gasteiger partial charge is 0.458 e. The van der Waals surface area contributed by atoms with Crippen LogP contribution in [0.1, 0.15) is 111 Å². The molecule has 1 spiro atoms. The predicted octanol–water partition coefficient (Wildman–Crippen LogP) is 7.57. The minimum Gasteiger partial charge on any atom is -0.458 e. The maximum Gasteiger partial charge on any atom is 0.408 e. The Labute approximate surface area is 339 Å². The monoisotopic (exact) mass is 824 g/mol. The normalized spacial score (nSPS) is 19.8. The number of hydrogen-bond acceptors (Lipinski definition) is 8. The topological polar surface area (TPSA) is 149 Å². The maximum atomic E-state index is 14.5. The third kappa shape index (κ3) is 13.8. The fourth-order valence-electron chi connectivity index (χ4n) is 7.53. The quantitative estimate of drug-likeness (QED) is 0.107. The summed E-state index contributed by atoms with van der Waals surface area (Å²) in [5, 5.41) is -1.07. The van der Waals surface area contributed by atoms with E-state index in [0.29, 0.717) is 30.1 Å². The van der Waals surface area contributed by atoms with Crippen LogP contribution in [-0.4, -0.2) is 104 Å². The van der Waals surface area contributed by atoms with E-state index in [0.717, 1.165) is 30.6 Å². The zero-order chi connectivity index (χ0) is 43.0. The lowest BCUT2D eigenvalue weighted by Crippen LogP contribution is -2.60. The maximum absolute atomic E-state index is 14.5. The van der Waals surface area contributed by atoms with E-state index in [2.05, 4.69) is 19.2 Å². The van der Waals surface area contributed by atoms with Gasteiger partial charge in [-0.3, -0.25) is 9.59 Å². The van der Waals surface area contributed by atoms with E-state index in [4.69, 9.17) is 18.8 Å². The summed E-state index contributed by atoms with van der Waals surface area (Å²) in [7, 11) is 1.43. The summed E-state index contributed by atoms with van der Waals surface area (Å²) in [4.78, 5) is 54.0. The van der Waals surface area contributed by atoms with Crippen molar-refractivity contribution >= 4 is 35.0 Å². The summed E-state index contributed by atoms with van der Waals surface area (Å²) in [6, 6.07) is 18.8. The minimum absolute atomic E-state index is 0.270. The molecule has 3 aliphatic rings. The van der Waals surface area contributed by atoms with Crippen LogP contribution in [0.3, 0.4) is 0 Å². The number of quaternary nitrogens is 1. The number of esters is 2. The third-order valence-electron chi connectivity index (χ3n) is 9.83. The van der Waals surface area contributed by atoms with Crippen LogP contribution in [0.4, 0.5) is 13.6 Å². The first-order valence-corrected chi connectivity index (χ1v) is 21.0. The van der Waals surface area contributed by atoms with Gasteiger partial charge in [-0.25, -0.2) is 13.8 Å². The molecule has 3 heterocycles. The number of piperidine rings is 1. The molecule has 5 rings (SSSR count). The van der Waals surface area contributed by atoms with Crippen molar-refractivity contribution in [3.63, 3.8) is 0 Å². The Kier molecular flexibility index (Phi) is 19.2. The van der Waals surface area contributed by atoms with Gasteiger partial charge in [-0.05, 0) is 20.8 Å². The first kappa shape index (κ1) is 49.2. The van der Waals surface area contributed by atoms with Gasteiger partial charge in [0.1, 0.15) is 24.8 Å². The Balaban J connectivity index is 0.000000823. The molecule has 0 saturated carbocycles. The lowest BCUT2D eigenvalue weighted by molar-refractivity contribution is -0.956. The number of halogens is 2. The second kappa shape index (κ2) is 22.3. The number of likely N-dealkylation sites (N-methyl/N-ethyl adjacent to an activating group) is 1. The number of alkyl halides is 2. The molecular formula is C42H64F2N3O9S+. The molecule has 12 nitrogen and oxygen atoms in total. The van der Waals surface area contributed by atoms with Gasteiger partial charge < -0.3 is 33.5 Å². The number of alkyl carbamates (subject to hydrolysis) is 1. The first-order chi connectivity index (χ1) is 26.8. The van der Waals surface area contributed by atoms with Crippen LogP contribution in [0.25, 0.3) is 0 Å². The molecule has 3 fully saturated rings. The fraction of sp³-hybridized carbons (Fsp3) is 0.619. The first-order valence-electron chi connectivity index (χ1n) is 19.9. The summed E-state index contributed by atoms with van der Waals surface area (Å²) in [6.45, 7) is 15.4. The van der Waals surface area contributed by atoms with Crippen molar-refractivity contribution in [1.29, 1.82) is 0 Å². The van der Waals surface area contributed by atoms with Gasteiger partial charge in [-0.1, -0.05) is 94.8 Å². The molecule has 320 valence electrons. The molecule has 0 radical (unpaired) electrons. The highest BCUT2D eigenvalue weighted by atomic mass is 32.2. The number of carbonyl (C=O) groups is 4. The summed E-state index contributed by atoms with van der Waals surface area (Å²) in [6.07, 6.45) is 6.66. The van der Waals surface area contributed by atoms with Crippen LogP contribution in [0.15, 0.2) is 60.7 Å². The lowest BCUT2D eigenvalue weighted by Gasteiger charge is -2.47. The van der Waals surface area contributed by atoms with Crippen molar-refractivity contribution in [3.05, 3.63) is 71.8 Å². The fourth-order valence-corrected chi connectivity index (χ4v) is 7.53. The Hall–Kier alpha value is -3.95. The molecule has 2 bridgehead atoms. The van der Waals surface area contributed by atoms with Gasteiger partial charge in [-0.15, -0.1) is 0 Å². The number of nitrogens with zero attached hydrogens (tertiary/aromatic N) is 2. The van der Waals surface area contributed by atoms with E-state index in [1.54, 1.807) is 69.3 Å². The zero-order valence-electron chi connectivity index (χ0n) is 35.1. The van der Waals surface area contributed by atoms with Gasteiger partial charge in [0, 0.05) is 63.6 Å². The van der Waals surface area contributed by atoms with E-state index in [1.807, 2.05) is 26.0 Å². The number of benzene rings is 2. The highest BCUT2D eigenvalue weighted by Crippen LogP contribution is 2.47. The van der Waals surface area contributed by atoms with Gasteiger partial charge in [-0.2, -0.15) is 8.78 Å². The Morgan fingerprint density at radius 3 is 1.70 bits per heavy atom. The second-order valence-corrected chi connectivity index (χ2v) is 16.6. The third-order valence-corrected chi connectivity index (χ3v) is 10.4. The molecule has 0 aliphatic carbocycles. The van der Waals surface area contributed by atoms with Crippen LogP contribution in [0.5, 0.6) is 0 Å². The van der Waals surface area contributed by atoms with Crippen LogP contribution >= 0.6 is 0 Å². The van der Waals surface area contributed by atoms with Crippen molar-refractivity contribution in [2.75, 3.05) is 33.2 Å².